The van der Waals surface area contributed by atoms with Gasteiger partial charge in [-0.3, -0.25) is 4.98 Å². The smallest absolute Gasteiger partial charge is 0.145 e. The Morgan fingerprint density at radius 2 is 2.18 bits per heavy atom. The summed E-state index contributed by atoms with van der Waals surface area (Å²) in [4.78, 5) is 10.4. The first-order chi connectivity index (χ1) is 7.93. The number of nitrogens with one attached hydrogen (secondary N) is 1. The number of rotatable bonds is 6. The van der Waals surface area contributed by atoms with Crippen LogP contribution in [0.1, 0.15) is 6.92 Å². The fraction of sp³-hybridized carbons (Fsp3) is 0.636. The van der Waals surface area contributed by atoms with Crippen molar-refractivity contribution >= 4 is 17.6 Å². The fourth-order valence-electron chi connectivity index (χ4n) is 1.55. The van der Waals surface area contributed by atoms with Crippen molar-refractivity contribution in [2.24, 2.45) is 0 Å². The molecule has 0 aliphatic rings. The second-order valence-electron chi connectivity index (χ2n) is 4.53. The molecule has 0 bridgehead atoms. The van der Waals surface area contributed by atoms with E-state index in [1.165, 1.54) is 0 Å². The lowest BCUT2D eigenvalue weighted by Crippen LogP contribution is -2.43. The molecule has 0 spiro atoms. The zero-order valence-corrected chi connectivity index (χ0v) is 11.6. The Balaban J connectivity index is 2.54. The first kappa shape index (κ1) is 14.2. The number of nitrogens with zero attached hydrogens (tertiary/aromatic N) is 3. The number of aromatic nitrogens is 2. The highest BCUT2D eigenvalue weighted by Crippen LogP contribution is 2.13. The molecular weight excluding hydrogens is 236 g/mol. The van der Waals surface area contributed by atoms with Crippen LogP contribution in [-0.4, -0.2) is 59.0 Å². The molecule has 5 nitrogen and oxygen atoms in total. The van der Waals surface area contributed by atoms with E-state index in [0.29, 0.717) is 18.9 Å². The molecule has 0 aliphatic carbocycles. The highest BCUT2D eigenvalue weighted by Gasteiger charge is 2.21. The third kappa shape index (κ3) is 5.34. The van der Waals surface area contributed by atoms with Gasteiger partial charge in [0, 0.05) is 13.1 Å². The summed E-state index contributed by atoms with van der Waals surface area (Å²) in [6, 6.07) is 0. The summed E-state index contributed by atoms with van der Waals surface area (Å²) in [6.07, 6.45) is 5.33. The van der Waals surface area contributed by atoms with Crippen molar-refractivity contribution < 1.29 is 5.11 Å². The van der Waals surface area contributed by atoms with Gasteiger partial charge in [0.05, 0.1) is 18.0 Å². The number of hydrogen-bond acceptors (Lipinski definition) is 6. The lowest BCUT2D eigenvalue weighted by molar-refractivity contribution is 0.0459. The Kier molecular flexibility index (Phi) is 5.17. The number of aliphatic hydroxyl groups is 1. The zero-order valence-electron chi connectivity index (χ0n) is 10.8. The minimum atomic E-state index is -0.791. The van der Waals surface area contributed by atoms with Gasteiger partial charge in [-0.2, -0.15) is 0 Å². The van der Waals surface area contributed by atoms with Crippen molar-refractivity contribution in [3.63, 3.8) is 0 Å². The highest BCUT2D eigenvalue weighted by molar-refractivity contribution is 7.98. The van der Waals surface area contributed by atoms with E-state index in [2.05, 4.69) is 15.3 Å². The standard InChI is InChI=1S/C11H20N4OS/c1-11(16,8-15(2)3)7-13-9-5-12-6-10(14-9)17-4/h5-6,16H,7-8H2,1-4H3,(H,13,14)/t11-/m0/s1. The SMILES string of the molecule is CSc1cncc(NC[C@](C)(O)CN(C)C)n1. The average molecular weight is 256 g/mol. The van der Waals surface area contributed by atoms with Crippen LogP contribution in [-0.2, 0) is 0 Å². The normalized spacial score (nSPS) is 14.7. The summed E-state index contributed by atoms with van der Waals surface area (Å²) in [6.45, 7) is 2.83. The predicted octanol–water partition coefficient (Wildman–Crippen LogP) is 0.923. The van der Waals surface area contributed by atoms with E-state index >= 15 is 0 Å². The van der Waals surface area contributed by atoms with E-state index in [0.717, 1.165) is 5.03 Å². The Morgan fingerprint density at radius 1 is 1.47 bits per heavy atom. The lowest BCUT2D eigenvalue weighted by Gasteiger charge is -2.27. The lowest BCUT2D eigenvalue weighted by atomic mass is 10.1. The van der Waals surface area contributed by atoms with E-state index in [1.807, 2.05) is 25.3 Å². The van der Waals surface area contributed by atoms with Gasteiger partial charge in [-0.15, -0.1) is 11.8 Å². The second-order valence-corrected chi connectivity index (χ2v) is 5.36. The maximum Gasteiger partial charge on any atom is 0.145 e. The molecule has 1 aromatic heterocycles. The maximum absolute atomic E-state index is 10.1. The van der Waals surface area contributed by atoms with Gasteiger partial charge < -0.3 is 15.3 Å². The average Bonchev–Trinajstić information content (AvgIpc) is 2.25. The van der Waals surface area contributed by atoms with Crippen LogP contribution >= 0.6 is 11.8 Å². The van der Waals surface area contributed by atoms with Crippen LogP contribution in [0.3, 0.4) is 0 Å². The molecule has 0 fully saturated rings. The predicted molar refractivity (Wildman–Crippen MR) is 71.5 cm³/mol. The van der Waals surface area contributed by atoms with E-state index in [9.17, 15) is 5.11 Å². The molecule has 0 saturated carbocycles. The maximum atomic E-state index is 10.1. The molecule has 0 radical (unpaired) electrons. The van der Waals surface area contributed by atoms with Gasteiger partial charge in [-0.1, -0.05) is 0 Å². The molecule has 0 amide bonds. The van der Waals surface area contributed by atoms with E-state index in [4.69, 9.17) is 0 Å². The van der Waals surface area contributed by atoms with Crippen LogP contribution in [0, 0.1) is 0 Å². The first-order valence-electron chi connectivity index (χ1n) is 5.40. The van der Waals surface area contributed by atoms with Crippen molar-refractivity contribution in [3.8, 4) is 0 Å². The van der Waals surface area contributed by atoms with Crippen molar-refractivity contribution in [2.45, 2.75) is 17.6 Å². The van der Waals surface area contributed by atoms with Gasteiger partial charge in [-0.05, 0) is 27.3 Å². The summed E-state index contributed by atoms with van der Waals surface area (Å²) < 4.78 is 0. The first-order valence-corrected chi connectivity index (χ1v) is 6.62. The van der Waals surface area contributed by atoms with Gasteiger partial charge >= 0.3 is 0 Å². The summed E-state index contributed by atoms with van der Waals surface area (Å²) in [5.74, 6) is 0.691. The van der Waals surface area contributed by atoms with Crippen molar-refractivity contribution in [1.29, 1.82) is 0 Å². The molecule has 0 aliphatic heterocycles. The topological polar surface area (TPSA) is 61.3 Å². The molecular formula is C11H20N4OS. The minimum absolute atomic E-state index is 0.442. The van der Waals surface area contributed by atoms with Gasteiger partial charge in [0.15, 0.2) is 0 Å². The Bertz CT molecular complexity index is 357. The summed E-state index contributed by atoms with van der Waals surface area (Å²) in [7, 11) is 3.87. The number of thioether (sulfide) groups is 1. The van der Waals surface area contributed by atoms with Crippen LogP contribution in [0.2, 0.25) is 0 Å². The molecule has 0 aromatic carbocycles. The molecule has 2 N–H and O–H groups in total. The van der Waals surface area contributed by atoms with E-state index in [-0.39, 0.29) is 0 Å². The summed E-state index contributed by atoms with van der Waals surface area (Å²) in [5, 5.41) is 14.1. The molecule has 6 heteroatoms. The van der Waals surface area contributed by atoms with Crippen molar-refractivity contribution in [2.75, 3.05) is 38.8 Å². The van der Waals surface area contributed by atoms with Gasteiger partial charge in [0.1, 0.15) is 10.8 Å². The van der Waals surface area contributed by atoms with Crippen molar-refractivity contribution in [3.05, 3.63) is 12.4 Å². The Hall–Kier alpha value is -0.850. The van der Waals surface area contributed by atoms with E-state index in [1.54, 1.807) is 31.1 Å². The molecule has 1 atom stereocenters. The van der Waals surface area contributed by atoms with Gasteiger partial charge in [-0.25, -0.2) is 4.98 Å². The molecule has 96 valence electrons. The van der Waals surface area contributed by atoms with Crippen LogP contribution in [0.15, 0.2) is 17.4 Å². The summed E-state index contributed by atoms with van der Waals surface area (Å²) >= 11 is 1.54. The van der Waals surface area contributed by atoms with Gasteiger partial charge in [0.25, 0.3) is 0 Å². The Labute approximate surface area is 107 Å². The zero-order chi connectivity index (χ0) is 12.9. The molecule has 1 aromatic rings. The second kappa shape index (κ2) is 6.18. The molecule has 0 unspecified atom stereocenters. The fourth-order valence-corrected chi connectivity index (χ4v) is 1.91. The number of hydrogen-bond donors (Lipinski definition) is 2. The monoisotopic (exact) mass is 256 g/mol. The quantitative estimate of drug-likeness (QED) is 0.738. The summed E-state index contributed by atoms with van der Waals surface area (Å²) in [5.41, 5.74) is -0.791. The Morgan fingerprint density at radius 3 is 2.76 bits per heavy atom. The van der Waals surface area contributed by atoms with E-state index < -0.39 is 5.60 Å². The molecule has 1 rings (SSSR count). The van der Waals surface area contributed by atoms with Crippen LogP contribution in [0.25, 0.3) is 0 Å². The van der Waals surface area contributed by atoms with Crippen LogP contribution in [0.5, 0.6) is 0 Å². The minimum Gasteiger partial charge on any atom is -0.387 e. The largest absolute Gasteiger partial charge is 0.387 e. The molecule has 0 saturated heterocycles. The highest BCUT2D eigenvalue weighted by atomic mass is 32.2. The van der Waals surface area contributed by atoms with Gasteiger partial charge in [0.2, 0.25) is 0 Å². The third-order valence-electron chi connectivity index (χ3n) is 2.13. The van der Waals surface area contributed by atoms with Crippen LogP contribution < -0.4 is 5.32 Å². The third-order valence-corrected chi connectivity index (χ3v) is 2.74. The number of anilines is 1. The molecule has 1 heterocycles. The van der Waals surface area contributed by atoms with Crippen molar-refractivity contribution in [1.82, 2.24) is 14.9 Å². The molecule has 17 heavy (non-hydrogen) atoms. The number of likely N-dealkylation sites (N-methyl/N-ethyl adjacent to an activating group) is 1. The van der Waals surface area contributed by atoms with Crippen LogP contribution in [0.4, 0.5) is 5.82 Å².